The molecule has 26 valence electrons. The Kier molecular flexibility index (Phi) is 24.9. The van der Waals surface area contributed by atoms with Crippen molar-refractivity contribution in [1.29, 1.82) is 0 Å². The van der Waals surface area contributed by atoms with Crippen molar-refractivity contribution >= 4 is 29.6 Å². The van der Waals surface area contributed by atoms with Crippen molar-refractivity contribution in [2.75, 3.05) is 0 Å². The first-order valence-corrected chi connectivity index (χ1v) is 0.548. The number of rotatable bonds is 0. The first kappa shape index (κ1) is 15.7. The fourth-order valence-corrected chi connectivity index (χ4v) is 0. The van der Waals surface area contributed by atoms with Gasteiger partial charge in [0.1, 0.15) is 0 Å². The van der Waals surface area contributed by atoms with Crippen molar-refractivity contribution in [3.63, 3.8) is 0 Å². The van der Waals surface area contributed by atoms with Crippen LogP contribution in [0.15, 0.2) is 0 Å². The van der Waals surface area contributed by atoms with Crippen molar-refractivity contribution in [2.24, 2.45) is 0 Å². The summed E-state index contributed by atoms with van der Waals surface area (Å²) in [5, 5.41) is 14.8. The van der Waals surface area contributed by atoms with E-state index in [4.69, 9.17) is 15.3 Å². The summed E-state index contributed by atoms with van der Waals surface area (Å²) in [5.41, 5.74) is 0. The van der Waals surface area contributed by atoms with Crippen LogP contribution >= 0.6 is 0 Å². The molecule has 0 saturated carbocycles. The van der Waals surface area contributed by atoms with Crippen LogP contribution in [0.5, 0.6) is 0 Å². The maximum absolute atomic E-state index is 8.25. The van der Waals surface area contributed by atoms with Gasteiger partial charge in [-0.05, 0) is 0 Å². The van der Waals surface area contributed by atoms with E-state index in [9.17, 15) is 0 Å². The molecule has 0 spiro atoms. The van der Waals surface area contributed by atoms with Gasteiger partial charge in [-0.1, -0.05) is 0 Å². The monoisotopic (exact) mass is 109 g/mol. The Morgan fingerprint density at radius 3 is 1.33 bits per heavy atom. The van der Waals surface area contributed by atoms with Gasteiger partial charge in [-0.15, -0.1) is 0 Å². The normalized spacial score (nSPS) is 4.00. The predicted octanol–water partition coefficient (Wildman–Crippen LogP) is -3.88. The molecule has 0 amide bonds. The molecule has 0 aliphatic heterocycles. The third kappa shape index (κ3) is 63.7. The average molecular weight is 109 g/mol. The number of hydrogen-bond donors (Lipinski definition) is 0. The molecule has 0 fully saturated rings. The Balaban J connectivity index is -0.0000000450. The average Bonchev–Trinajstić information content (AvgIpc) is 0.811. The van der Waals surface area contributed by atoms with Gasteiger partial charge in [-0.2, -0.15) is 0 Å². The van der Waals surface area contributed by atoms with Crippen LogP contribution in [0.2, 0.25) is 0 Å². The van der Waals surface area contributed by atoms with Gasteiger partial charge < -0.3 is 15.3 Å². The molecule has 0 saturated heterocycles. The Morgan fingerprint density at radius 1 is 1.33 bits per heavy atom. The molecule has 0 aliphatic rings. The molecule has 0 aromatic carbocycles. The molecule has 0 heterocycles. The maximum atomic E-state index is 8.25. The van der Waals surface area contributed by atoms with E-state index in [1.807, 2.05) is 0 Å². The summed E-state index contributed by atoms with van der Waals surface area (Å²) in [4.78, 5) is 8.25. The molecule has 0 aromatic heterocycles. The molecule has 0 rings (SSSR count). The van der Waals surface area contributed by atoms with E-state index >= 15 is 0 Å². The second kappa shape index (κ2) is 9.50. The summed E-state index contributed by atoms with van der Waals surface area (Å²) in [6, 6.07) is 0. The van der Waals surface area contributed by atoms with Crippen LogP contribution in [0.4, 0.5) is 0 Å². The Labute approximate surface area is 78.6 Å². The molecule has 4 nitrogen and oxygen atoms in total. The van der Waals surface area contributed by atoms with Crippen molar-refractivity contribution in [3.05, 3.63) is 15.3 Å². The molecular weight excluding hydrogens is 108 g/mol. The van der Waals surface area contributed by atoms with Gasteiger partial charge in [-0.25, -0.2) is 0 Å². The summed E-state index contributed by atoms with van der Waals surface area (Å²) in [6.45, 7) is 0. The zero-order valence-corrected chi connectivity index (χ0v) is 4.67. The summed E-state index contributed by atoms with van der Waals surface area (Å²) in [5.74, 6) is 0. The number of nitrogens with zero attached hydrogens (tertiary/aromatic N) is 1. The quantitative estimate of drug-likeness (QED) is 0.181. The second-order valence-electron chi connectivity index (χ2n) is 0.224. The first-order valence-electron chi connectivity index (χ1n) is 0.548. The molecule has 0 N–H and O–H groups in total. The van der Waals surface area contributed by atoms with E-state index in [2.05, 4.69) is 0 Å². The second-order valence-corrected chi connectivity index (χ2v) is 0.224. The van der Waals surface area contributed by atoms with Gasteiger partial charge in [0.2, 0.25) is 0 Å². The Bertz CT molecular complexity index is 31.8. The van der Waals surface area contributed by atoms with Crippen molar-refractivity contribution in [1.82, 2.24) is 0 Å². The minimum absolute atomic E-state index is 0. The van der Waals surface area contributed by atoms with Gasteiger partial charge in [0.05, 0.1) is 5.09 Å². The van der Waals surface area contributed by atoms with Crippen LogP contribution in [0, 0.1) is 15.3 Å². The van der Waals surface area contributed by atoms with Crippen LogP contribution in [0.1, 0.15) is 0 Å². The van der Waals surface area contributed by atoms with Gasteiger partial charge in [0.25, 0.3) is 0 Å². The van der Waals surface area contributed by atoms with Crippen LogP contribution < -0.4 is 29.6 Å². The van der Waals surface area contributed by atoms with Crippen molar-refractivity contribution in [3.8, 4) is 0 Å². The molecule has 0 aromatic rings. The molecule has 0 aliphatic carbocycles. The number of hydrogen-bond acceptors (Lipinski definition) is 3. The molecule has 0 atom stereocenters. The zero-order valence-electron chi connectivity index (χ0n) is 2.67. The van der Waals surface area contributed by atoms with E-state index in [0.29, 0.717) is 0 Å². The predicted molar refractivity (Wildman–Crippen MR) is 17.5 cm³/mol. The Hall–Kier alpha value is 1.20. The van der Waals surface area contributed by atoms with Crippen LogP contribution in [0.3, 0.4) is 0 Å². The standard InChI is InChI=1S/NO3.2Na.H/c2-1(3)4;;;/q-1;;+1;. The summed E-state index contributed by atoms with van der Waals surface area (Å²) < 4.78 is 0. The van der Waals surface area contributed by atoms with Gasteiger partial charge in [-0.3, -0.25) is 0 Å². The van der Waals surface area contributed by atoms with Crippen molar-refractivity contribution in [2.45, 2.75) is 0 Å². The van der Waals surface area contributed by atoms with Crippen LogP contribution in [0.25, 0.3) is 0 Å². The minimum atomic E-state index is -1.75. The van der Waals surface area contributed by atoms with Crippen molar-refractivity contribution < 1.29 is 34.6 Å². The van der Waals surface area contributed by atoms with Gasteiger partial charge in [0, 0.05) is 0 Å². The molecule has 0 radical (unpaired) electrons. The van der Waals surface area contributed by atoms with Gasteiger partial charge in [0.15, 0.2) is 0 Å². The molecule has 6 heavy (non-hydrogen) atoms. The molecule has 6 heteroatoms. The van der Waals surface area contributed by atoms with E-state index in [1.165, 1.54) is 0 Å². The van der Waals surface area contributed by atoms with Crippen LogP contribution in [-0.2, 0) is 0 Å². The SMILES string of the molecule is O=[N+]([O-])[O-].[Na+].[NaH]. The Morgan fingerprint density at radius 2 is 1.33 bits per heavy atom. The summed E-state index contributed by atoms with van der Waals surface area (Å²) >= 11 is 0. The zero-order chi connectivity index (χ0) is 3.58. The third-order valence-electron chi connectivity index (χ3n) is 0. The fourth-order valence-electron chi connectivity index (χ4n) is 0. The fraction of sp³-hybridized carbons (Fsp3) is 0. The van der Waals surface area contributed by atoms with Gasteiger partial charge >= 0.3 is 59.1 Å². The molecule has 0 bridgehead atoms. The first-order chi connectivity index (χ1) is 1.73. The van der Waals surface area contributed by atoms with E-state index < -0.39 is 5.09 Å². The van der Waals surface area contributed by atoms with E-state index in [-0.39, 0.29) is 59.1 Å². The van der Waals surface area contributed by atoms with E-state index in [1.54, 1.807) is 0 Å². The molecular formula is HNNa2O3. The molecule has 0 unspecified atom stereocenters. The summed E-state index contributed by atoms with van der Waals surface area (Å²) in [6.07, 6.45) is 0. The topological polar surface area (TPSA) is 66.2 Å². The van der Waals surface area contributed by atoms with Crippen LogP contribution in [-0.4, -0.2) is 34.6 Å². The summed E-state index contributed by atoms with van der Waals surface area (Å²) in [7, 11) is 0. The van der Waals surface area contributed by atoms with E-state index in [0.717, 1.165) is 0 Å². The third-order valence-corrected chi connectivity index (χ3v) is 0.